The van der Waals surface area contributed by atoms with Crippen molar-refractivity contribution in [1.29, 1.82) is 0 Å². The topological polar surface area (TPSA) is 149 Å². The number of hydrogen-bond acceptors (Lipinski definition) is 8. The first-order valence-corrected chi connectivity index (χ1v) is 35.4. The van der Waals surface area contributed by atoms with Crippen molar-refractivity contribution in [3.8, 4) is 0 Å². The first-order chi connectivity index (χ1) is 41.3. The highest BCUT2D eigenvalue weighted by atomic mass is 16.7. The van der Waals surface area contributed by atoms with E-state index in [-0.39, 0.29) is 12.5 Å². The lowest BCUT2D eigenvalue weighted by atomic mass is 9.99. The van der Waals surface area contributed by atoms with E-state index in [0.717, 1.165) is 89.9 Å². The molecule has 9 nitrogen and oxygen atoms in total. The number of allylic oxidation sites excluding steroid dienone is 16. The van der Waals surface area contributed by atoms with Crippen LogP contribution in [0.15, 0.2) is 97.2 Å². The molecule has 1 fully saturated rings. The van der Waals surface area contributed by atoms with Crippen LogP contribution in [0.25, 0.3) is 0 Å². The molecule has 1 rings (SSSR count). The van der Waals surface area contributed by atoms with Crippen LogP contribution < -0.4 is 5.32 Å². The van der Waals surface area contributed by atoms with Crippen molar-refractivity contribution in [3.63, 3.8) is 0 Å². The molecule has 0 aromatic rings. The van der Waals surface area contributed by atoms with Crippen molar-refractivity contribution in [3.05, 3.63) is 97.2 Å². The van der Waals surface area contributed by atoms with Gasteiger partial charge >= 0.3 is 0 Å². The quantitative estimate of drug-likeness (QED) is 0.0261. The molecule has 1 aliphatic rings. The molecule has 1 saturated heterocycles. The molecule has 9 heteroatoms. The third-order valence-electron chi connectivity index (χ3n) is 16.5. The first-order valence-electron chi connectivity index (χ1n) is 35.4. The highest BCUT2D eigenvalue weighted by molar-refractivity contribution is 5.76. The van der Waals surface area contributed by atoms with Crippen molar-refractivity contribution in [1.82, 2.24) is 5.32 Å². The van der Waals surface area contributed by atoms with E-state index in [9.17, 15) is 30.3 Å². The Morgan fingerprint density at radius 1 is 0.417 bits per heavy atom. The fourth-order valence-electron chi connectivity index (χ4n) is 10.9. The van der Waals surface area contributed by atoms with Gasteiger partial charge in [-0.15, -0.1) is 0 Å². The number of carbonyl (C=O) groups is 1. The fourth-order valence-corrected chi connectivity index (χ4v) is 10.9. The first kappa shape index (κ1) is 79.1. The van der Waals surface area contributed by atoms with Crippen LogP contribution in [0.3, 0.4) is 0 Å². The lowest BCUT2D eigenvalue weighted by Gasteiger charge is -2.40. The summed E-state index contributed by atoms with van der Waals surface area (Å²) in [7, 11) is 0. The molecule has 0 saturated carbocycles. The molecular weight excluding hydrogens is 1040 g/mol. The number of rotatable bonds is 61. The Balaban J connectivity index is 2.08. The third-order valence-corrected chi connectivity index (χ3v) is 16.5. The van der Waals surface area contributed by atoms with Gasteiger partial charge in [-0.2, -0.15) is 0 Å². The van der Waals surface area contributed by atoms with Gasteiger partial charge in [0.15, 0.2) is 6.29 Å². The third kappa shape index (κ3) is 51.2. The van der Waals surface area contributed by atoms with Gasteiger partial charge in [-0.1, -0.05) is 329 Å². The number of aliphatic hydroxyl groups excluding tert-OH is 5. The summed E-state index contributed by atoms with van der Waals surface area (Å²) in [4.78, 5) is 13.1. The van der Waals surface area contributed by atoms with E-state index in [1.54, 1.807) is 0 Å². The summed E-state index contributed by atoms with van der Waals surface area (Å²) in [6.07, 6.45) is 84.7. The predicted molar refractivity (Wildman–Crippen MR) is 359 cm³/mol. The summed E-state index contributed by atoms with van der Waals surface area (Å²) >= 11 is 0. The minimum absolute atomic E-state index is 0.138. The molecule has 1 aliphatic heterocycles. The van der Waals surface area contributed by atoms with Crippen molar-refractivity contribution in [2.75, 3.05) is 13.2 Å². The van der Waals surface area contributed by atoms with Gasteiger partial charge in [-0.25, -0.2) is 0 Å². The zero-order valence-corrected chi connectivity index (χ0v) is 54.4. The maximum absolute atomic E-state index is 13.1. The number of hydrogen-bond donors (Lipinski definition) is 6. The van der Waals surface area contributed by atoms with E-state index in [1.807, 2.05) is 0 Å². The molecule has 1 heterocycles. The monoisotopic (exact) mass is 1180 g/mol. The van der Waals surface area contributed by atoms with Crippen LogP contribution in [-0.4, -0.2) is 87.5 Å². The minimum atomic E-state index is -1.56. The Morgan fingerprint density at radius 2 is 0.738 bits per heavy atom. The Morgan fingerprint density at radius 3 is 1.10 bits per heavy atom. The van der Waals surface area contributed by atoms with Gasteiger partial charge in [0, 0.05) is 6.42 Å². The molecule has 7 atom stereocenters. The highest BCUT2D eigenvalue weighted by Crippen LogP contribution is 2.24. The van der Waals surface area contributed by atoms with Gasteiger partial charge in [-0.05, 0) is 77.0 Å². The lowest BCUT2D eigenvalue weighted by molar-refractivity contribution is -0.302. The number of aliphatic hydroxyl groups is 5. The molecule has 486 valence electrons. The second kappa shape index (κ2) is 63.1. The van der Waals surface area contributed by atoms with Crippen LogP contribution in [0.4, 0.5) is 0 Å². The van der Waals surface area contributed by atoms with Crippen LogP contribution >= 0.6 is 0 Å². The number of unbranched alkanes of at least 4 members (excludes halogenated alkanes) is 35. The molecule has 0 radical (unpaired) electrons. The summed E-state index contributed by atoms with van der Waals surface area (Å²) < 4.78 is 11.4. The van der Waals surface area contributed by atoms with Crippen LogP contribution in [0.1, 0.15) is 316 Å². The SMILES string of the molecule is CC/C=C\C/C=C\C/C=C\C/C=C\C/C=C\C/C=C\C/C=C\C/C=C\CCCCCCCCCCCCCCCCCCC(=O)NC(COC1OC(CO)C(O)C(O)C1O)C(O)CCCCCCCCCCCCCCCCCCCCCC. The van der Waals surface area contributed by atoms with E-state index in [2.05, 4.69) is 116 Å². The van der Waals surface area contributed by atoms with Crippen molar-refractivity contribution >= 4 is 5.91 Å². The zero-order chi connectivity index (χ0) is 60.7. The van der Waals surface area contributed by atoms with E-state index in [1.165, 1.54) is 199 Å². The standard InChI is InChI=1S/C75H133NO8/c1-3-5-7-9-11-13-15-17-19-21-23-25-26-27-28-29-30-31-32-33-34-35-36-37-38-39-40-41-42-43-44-45-47-49-51-53-55-57-59-61-63-65-71(79)76-68(67-83-75-74(82)73(81)72(80)70(66-77)84-75)69(78)64-62-60-58-56-54-52-50-48-46-24-22-20-18-16-14-12-10-8-6-4-2/h5,7,11,13,17,19,23,25,27-28,30-31,33-34,36-37,68-70,72-75,77-78,80-82H,3-4,6,8-10,12,14-16,18,20-22,24,26,29,32,35,38-67H2,1-2H3,(H,76,79)/b7-5-,13-11-,19-17-,25-23-,28-27-,31-30-,34-33-,37-36-. The maximum Gasteiger partial charge on any atom is 0.220 e. The zero-order valence-electron chi connectivity index (χ0n) is 54.4. The summed E-state index contributed by atoms with van der Waals surface area (Å²) in [5.41, 5.74) is 0. The van der Waals surface area contributed by atoms with Gasteiger partial charge in [0.1, 0.15) is 24.4 Å². The summed E-state index contributed by atoms with van der Waals surface area (Å²) in [5, 5.41) is 54.9. The largest absolute Gasteiger partial charge is 0.394 e. The van der Waals surface area contributed by atoms with Gasteiger partial charge in [0.2, 0.25) is 5.91 Å². The Hall–Kier alpha value is -2.89. The van der Waals surface area contributed by atoms with Gasteiger partial charge in [0.25, 0.3) is 0 Å². The van der Waals surface area contributed by atoms with Crippen LogP contribution in [-0.2, 0) is 14.3 Å². The van der Waals surface area contributed by atoms with Gasteiger partial charge in [0.05, 0.1) is 25.4 Å². The molecule has 0 aromatic heterocycles. The number of carbonyl (C=O) groups excluding carboxylic acids is 1. The Kier molecular flexibility index (Phi) is 59.5. The van der Waals surface area contributed by atoms with E-state index >= 15 is 0 Å². The minimum Gasteiger partial charge on any atom is -0.394 e. The lowest BCUT2D eigenvalue weighted by Crippen LogP contribution is -2.60. The number of amides is 1. The molecule has 0 spiro atoms. The second-order valence-corrected chi connectivity index (χ2v) is 24.3. The molecule has 7 unspecified atom stereocenters. The molecule has 1 amide bonds. The number of nitrogens with one attached hydrogen (secondary N) is 1. The average molecular weight is 1180 g/mol. The van der Waals surface area contributed by atoms with E-state index < -0.39 is 49.5 Å². The van der Waals surface area contributed by atoms with Crippen molar-refractivity contribution in [2.24, 2.45) is 0 Å². The Labute approximate surface area is 517 Å². The smallest absolute Gasteiger partial charge is 0.220 e. The second-order valence-electron chi connectivity index (χ2n) is 24.3. The molecular formula is C75H133NO8. The van der Waals surface area contributed by atoms with Crippen molar-refractivity contribution in [2.45, 2.75) is 358 Å². The van der Waals surface area contributed by atoms with Gasteiger partial charge in [-0.3, -0.25) is 4.79 Å². The van der Waals surface area contributed by atoms with Crippen molar-refractivity contribution < 1.29 is 39.8 Å². The average Bonchev–Trinajstić information content (AvgIpc) is 3.70. The summed E-state index contributed by atoms with van der Waals surface area (Å²) in [5.74, 6) is -0.142. The van der Waals surface area contributed by atoms with E-state index in [4.69, 9.17) is 9.47 Å². The normalized spacial score (nSPS) is 18.8. The van der Waals surface area contributed by atoms with Crippen LogP contribution in [0.5, 0.6) is 0 Å². The molecule has 0 aliphatic carbocycles. The van der Waals surface area contributed by atoms with Crippen LogP contribution in [0.2, 0.25) is 0 Å². The fraction of sp³-hybridized carbons (Fsp3) is 0.773. The molecule has 0 aromatic carbocycles. The van der Waals surface area contributed by atoms with Gasteiger partial charge < -0.3 is 40.3 Å². The molecule has 6 N–H and O–H groups in total. The molecule has 0 bridgehead atoms. The predicted octanol–water partition coefficient (Wildman–Crippen LogP) is 19.5. The molecule has 84 heavy (non-hydrogen) atoms. The maximum atomic E-state index is 13.1. The Bertz CT molecular complexity index is 1650. The number of ether oxygens (including phenoxy) is 2. The summed E-state index contributed by atoms with van der Waals surface area (Å²) in [6, 6.07) is -0.724. The highest BCUT2D eigenvalue weighted by Gasteiger charge is 2.44. The van der Waals surface area contributed by atoms with E-state index in [0.29, 0.717) is 12.8 Å². The summed E-state index contributed by atoms with van der Waals surface area (Å²) in [6.45, 7) is 3.75. The van der Waals surface area contributed by atoms with Crippen LogP contribution in [0, 0.1) is 0 Å².